The first-order valence-electron chi connectivity index (χ1n) is 8.64. The number of fused-ring (bicyclic) bond motifs is 1. The summed E-state index contributed by atoms with van der Waals surface area (Å²) >= 11 is 0. The van der Waals surface area contributed by atoms with Crippen molar-refractivity contribution in [2.45, 2.75) is 12.6 Å². The van der Waals surface area contributed by atoms with Crippen molar-refractivity contribution in [1.29, 1.82) is 0 Å². The quantitative estimate of drug-likeness (QED) is 0.737. The van der Waals surface area contributed by atoms with E-state index in [-0.39, 0.29) is 11.9 Å². The zero-order chi connectivity index (χ0) is 18.5. The number of carbonyl (C=O) groups excluding carboxylic acids is 1. The molecule has 0 radical (unpaired) electrons. The van der Waals surface area contributed by atoms with Gasteiger partial charge >= 0.3 is 0 Å². The molecule has 0 aromatic heterocycles. The number of nitrogens with zero attached hydrogens (tertiary/aromatic N) is 1. The first-order chi connectivity index (χ1) is 12.6. The number of nitrogens with one attached hydrogen (secondary N) is 1. The highest BCUT2D eigenvalue weighted by atomic mass is 16.5. The van der Waals surface area contributed by atoms with Crippen molar-refractivity contribution in [3.05, 3.63) is 77.9 Å². The molecule has 26 heavy (non-hydrogen) atoms. The molecule has 0 aliphatic rings. The summed E-state index contributed by atoms with van der Waals surface area (Å²) in [6.45, 7) is 0.612. The lowest BCUT2D eigenvalue weighted by Gasteiger charge is -2.22. The van der Waals surface area contributed by atoms with E-state index in [1.165, 1.54) is 0 Å². The second-order valence-electron chi connectivity index (χ2n) is 6.50. The fraction of sp³-hybridized carbons (Fsp3) is 0.227. The van der Waals surface area contributed by atoms with Crippen molar-refractivity contribution in [3.63, 3.8) is 0 Å². The number of rotatable bonds is 6. The van der Waals surface area contributed by atoms with Crippen LogP contribution in [-0.2, 0) is 11.3 Å². The SMILES string of the molecule is COc1ccc2cc(CN[C@@H](C(=O)N(C)C)c3ccccc3)ccc2c1. The summed E-state index contributed by atoms with van der Waals surface area (Å²) in [7, 11) is 5.23. The average molecular weight is 348 g/mol. The zero-order valence-electron chi connectivity index (χ0n) is 15.4. The molecule has 3 aromatic rings. The highest BCUT2D eigenvalue weighted by molar-refractivity contribution is 5.85. The van der Waals surface area contributed by atoms with Gasteiger partial charge in [0.25, 0.3) is 0 Å². The van der Waals surface area contributed by atoms with Gasteiger partial charge in [-0.2, -0.15) is 0 Å². The molecule has 1 atom stereocenters. The maximum Gasteiger partial charge on any atom is 0.243 e. The van der Waals surface area contributed by atoms with E-state index in [1.54, 1.807) is 26.1 Å². The minimum absolute atomic E-state index is 0.0433. The average Bonchev–Trinajstić information content (AvgIpc) is 2.68. The monoisotopic (exact) mass is 348 g/mol. The highest BCUT2D eigenvalue weighted by Crippen LogP contribution is 2.22. The van der Waals surface area contributed by atoms with E-state index in [0.717, 1.165) is 27.6 Å². The molecule has 0 heterocycles. The normalized spacial score (nSPS) is 12.0. The summed E-state index contributed by atoms with van der Waals surface area (Å²) in [5.74, 6) is 0.894. The maximum atomic E-state index is 12.6. The summed E-state index contributed by atoms with van der Waals surface area (Å²) < 4.78 is 5.27. The molecule has 0 saturated heterocycles. The van der Waals surface area contributed by atoms with E-state index in [1.807, 2.05) is 42.5 Å². The Morgan fingerprint density at radius 1 is 1.00 bits per heavy atom. The van der Waals surface area contributed by atoms with Crippen LogP contribution in [0.15, 0.2) is 66.7 Å². The predicted molar refractivity (Wildman–Crippen MR) is 105 cm³/mol. The molecule has 4 heteroatoms. The second kappa shape index (κ2) is 8.02. The summed E-state index contributed by atoms with van der Waals surface area (Å²) in [6, 6.07) is 21.8. The van der Waals surface area contributed by atoms with Gasteiger partial charge in [0.15, 0.2) is 0 Å². The number of carbonyl (C=O) groups is 1. The fourth-order valence-electron chi connectivity index (χ4n) is 2.98. The largest absolute Gasteiger partial charge is 0.497 e. The molecule has 4 nitrogen and oxygen atoms in total. The van der Waals surface area contributed by atoms with Gasteiger partial charge in [-0.3, -0.25) is 10.1 Å². The van der Waals surface area contributed by atoms with Crippen molar-refractivity contribution in [2.75, 3.05) is 21.2 Å². The summed E-state index contributed by atoms with van der Waals surface area (Å²) in [4.78, 5) is 14.2. The highest BCUT2D eigenvalue weighted by Gasteiger charge is 2.21. The Hall–Kier alpha value is -2.85. The summed E-state index contributed by atoms with van der Waals surface area (Å²) in [5, 5.41) is 5.69. The predicted octanol–water partition coefficient (Wildman–Crippen LogP) is 3.77. The van der Waals surface area contributed by atoms with Crippen molar-refractivity contribution >= 4 is 16.7 Å². The minimum atomic E-state index is -0.363. The van der Waals surface area contributed by atoms with Crippen LogP contribution >= 0.6 is 0 Å². The van der Waals surface area contributed by atoms with Crippen LogP contribution in [0.5, 0.6) is 5.75 Å². The molecule has 0 saturated carbocycles. The van der Waals surface area contributed by atoms with Crippen molar-refractivity contribution in [3.8, 4) is 5.75 Å². The van der Waals surface area contributed by atoms with E-state index in [2.05, 4.69) is 29.6 Å². The third-order valence-electron chi connectivity index (χ3n) is 4.44. The molecular formula is C22H24N2O2. The zero-order valence-corrected chi connectivity index (χ0v) is 15.4. The number of hydrogen-bond donors (Lipinski definition) is 1. The lowest BCUT2D eigenvalue weighted by molar-refractivity contribution is -0.131. The lowest BCUT2D eigenvalue weighted by atomic mass is 10.0. The third-order valence-corrected chi connectivity index (χ3v) is 4.44. The first-order valence-corrected chi connectivity index (χ1v) is 8.64. The first kappa shape index (κ1) is 18.0. The Morgan fingerprint density at radius 3 is 2.38 bits per heavy atom. The van der Waals surface area contributed by atoms with Gasteiger partial charge in [-0.05, 0) is 40.1 Å². The van der Waals surface area contributed by atoms with Gasteiger partial charge in [-0.1, -0.05) is 48.5 Å². The van der Waals surface area contributed by atoms with Crippen LogP contribution in [0, 0.1) is 0 Å². The van der Waals surface area contributed by atoms with Gasteiger partial charge in [-0.25, -0.2) is 0 Å². The molecule has 1 N–H and O–H groups in total. The lowest BCUT2D eigenvalue weighted by Crippen LogP contribution is -2.36. The molecule has 0 spiro atoms. The maximum absolute atomic E-state index is 12.6. The van der Waals surface area contributed by atoms with Gasteiger partial charge in [0.05, 0.1) is 7.11 Å². The molecule has 3 aromatic carbocycles. The smallest absolute Gasteiger partial charge is 0.243 e. The number of hydrogen-bond acceptors (Lipinski definition) is 3. The van der Waals surface area contributed by atoms with E-state index < -0.39 is 0 Å². The van der Waals surface area contributed by atoms with Gasteiger partial charge in [0, 0.05) is 20.6 Å². The Balaban J connectivity index is 1.80. The molecule has 0 bridgehead atoms. The molecular weight excluding hydrogens is 324 g/mol. The van der Waals surface area contributed by atoms with Crippen LogP contribution in [-0.4, -0.2) is 32.0 Å². The Bertz CT molecular complexity index is 891. The van der Waals surface area contributed by atoms with Gasteiger partial charge in [0.1, 0.15) is 11.8 Å². The van der Waals surface area contributed by atoms with Crippen LogP contribution in [0.1, 0.15) is 17.2 Å². The van der Waals surface area contributed by atoms with E-state index in [4.69, 9.17) is 4.74 Å². The molecule has 0 aliphatic heterocycles. The Morgan fingerprint density at radius 2 is 1.69 bits per heavy atom. The number of methoxy groups -OCH3 is 1. The topological polar surface area (TPSA) is 41.6 Å². The minimum Gasteiger partial charge on any atom is -0.497 e. The second-order valence-corrected chi connectivity index (χ2v) is 6.50. The van der Waals surface area contributed by atoms with Crippen molar-refractivity contribution < 1.29 is 9.53 Å². The van der Waals surface area contributed by atoms with Crippen LogP contribution in [0.25, 0.3) is 10.8 Å². The number of ether oxygens (including phenoxy) is 1. The molecule has 0 fully saturated rings. The standard InChI is InChI=1S/C22H24N2O2/c1-24(2)22(25)21(17-7-5-4-6-8-17)23-15-16-9-10-19-14-20(26-3)12-11-18(19)13-16/h4-14,21,23H,15H2,1-3H3/t21-/m1/s1. The van der Waals surface area contributed by atoms with Crippen LogP contribution < -0.4 is 10.1 Å². The van der Waals surface area contributed by atoms with Gasteiger partial charge < -0.3 is 9.64 Å². The van der Waals surface area contributed by atoms with E-state index in [9.17, 15) is 4.79 Å². The summed E-state index contributed by atoms with van der Waals surface area (Å²) in [5.41, 5.74) is 2.10. The molecule has 3 rings (SSSR count). The van der Waals surface area contributed by atoms with E-state index in [0.29, 0.717) is 6.54 Å². The van der Waals surface area contributed by atoms with Crippen LogP contribution in [0.2, 0.25) is 0 Å². The molecule has 134 valence electrons. The van der Waals surface area contributed by atoms with E-state index >= 15 is 0 Å². The third kappa shape index (κ3) is 4.03. The van der Waals surface area contributed by atoms with Gasteiger partial charge in [-0.15, -0.1) is 0 Å². The Labute approximate surface area is 154 Å². The van der Waals surface area contributed by atoms with Crippen molar-refractivity contribution in [1.82, 2.24) is 10.2 Å². The Kier molecular flexibility index (Phi) is 5.54. The van der Waals surface area contributed by atoms with Crippen LogP contribution in [0.3, 0.4) is 0 Å². The summed E-state index contributed by atoms with van der Waals surface area (Å²) in [6.07, 6.45) is 0. The molecule has 0 unspecified atom stereocenters. The molecule has 0 aliphatic carbocycles. The van der Waals surface area contributed by atoms with Crippen LogP contribution in [0.4, 0.5) is 0 Å². The molecule has 1 amide bonds. The number of benzene rings is 3. The fourth-order valence-corrected chi connectivity index (χ4v) is 2.98. The number of likely N-dealkylation sites (N-methyl/N-ethyl adjacent to an activating group) is 1. The van der Waals surface area contributed by atoms with Crippen molar-refractivity contribution in [2.24, 2.45) is 0 Å². The van der Waals surface area contributed by atoms with Gasteiger partial charge in [0.2, 0.25) is 5.91 Å². The number of amides is 1.